The van der Waals surface area contributed by atoms with Gasteiger partial charge in [0.15, 0.2) is 0 Å². The molecule has 0 aromatic carbocycles. The second-order valence-corrected chi connectivity index (χ2v) is 5.15. The first-order valence-corrected chi connectivity index (χ1v) is 7.69. The second-order valence-electron chi connectivity index (χ2n) is 4.31. The van der Waals surface area contributed by atoms with E-state index in [-0.39, 0.29) is 12.2 Å². The lowest BCUT2D eigenvalue weighted by Crippen LogP contribution is -2.44. The van der Waals surface area contributed by atoms with Crippen LogP contribution >= 0.6 is 0 Å². The summed E-state index contributed by atoms with van der Waals surface area (Å²) in [6, 6.07) is 0. The van der Waals surface area contributed by atoms with Crippen LogP contribution in [0.5, 0.6) is 0 Å². The fourth-order valence-corrected chi connectivity index (χ4v) is 2.22. The molecule has 1 saturated heterocycles. The average Bonchev–Trinajstić information content (AvgIpc) is 2.37. The van der Waals surface area contributed by atoms with E-state index in [4.69, 9.17) is 17.8 Å². The Morgan fingerprint density at radius 2 is 1.94 bits per heavy atom. The standard InChI is InChI=1S/C12H24O5S/c1-3-5-7-14-9-12-11(15-8-6-4-2)10-16-18(13)17-12/h11-12H,3-10H2,1-2H3/t11-,12-,18+/m1/s1. The minimum atomic E-state index is -1.67. The number of rotatable bonds is 9. The van der Waals surface area contributed by atoms with Crippen molar-refractivity contribution in [2.24, 2.45) is 0 Å². The Kier molecular flexibility index (Phi) is 8.79. The Morgan fingerprint density at radius 1 is 1.22 bits per heavy atom. The molecule has 1 aliphatic rings. The minimum absolute atomic E-state index is 0.184. The van der Waals surface area contributed by atoms with Crippen molar-refractivity contribution in [2.75, 3.05) is 26.4 Å². The van der Waals surface area contributed by atoms with Gasteiger partial charge in [0, 0.05) is 13.2 Å². The van der Waals surface area contributed by atoms with E-state index < -0.39 is 11.4 Å². The van der Waals surface area contributed by atoms with Crippen molar-refractivity contribution in [2.45, 2.75) is 51.7 Å². The number of ether oxygens (including phenoxy) is 2. The van der Waals surface area contributed by atoms with Crippen molar-refractivity contribution in [3.8, 4) is 0 Å². The van der Waals surface area contributed by atoms with E-state index >= 15 is 0 Å². The van der Waals surface area contributed by atoms with Gasteiger partial charge in [-0.05, 0) is 12.8 Å². The van der Waals surface area contributed by atoms with Crippen molar-refractivity contribution in [3.63, 3.8) is 0 Å². The van der Waals surface area contributed by atoms with Crippen LogP contribution in [0.4, 0.5) is 0 Å². The van der Waals surface area contributed by atoms with E-state index in [0.717, 1.165) is 25.7 Å². The Balaban J connectivity index is 2.29. The van der Waals surface area contributed by atoms with Crippen molar-refractivity contribution >= 4 is 11.4 Å². The lowest BCUT2D eigenvalue weighted by Gasteiger charge is -2.29. The van der Waals surface area contributed by atoms with Gasteiger partial charge in [-0.3, -0.25) is 8.37 Å². The molecule has 18 heavy (non-hydrogen) atoms. The van der Waals surface area contributed by atoms with Crippen LogP contribution in [0, 0.1) is 0 Å². The fourth-order valence-electron chi connectivity index (χ4n) is 1.54. The molecule has 0 unspecified atom stereocenters. The number of hydrogen-bond donors (Lipinski definition) is 0. The minimum Gasteiger partial charge on any atom is -0.379 e. The molecular formula is C12H24O5S. The highest BCUT2D eigenvalue weighted by Crippen LogP contribution is 2.15. The van der Waals surface area contributed by atoms with Gasteiger partial charge in [-0.1, -0.05) is 26.7 Å². The zero-order chi connectivity index (χ0) is 13.2. The smallest absolute Gasteiger partial charge is 0.305 e. The highest BCUT2D eigenvalue weighted by atomic mass is 32.2. The van der Waals surface area contributed by atoms with Crippen LogP contribution in [0.3, 0.4) is 0 Å². The first kappa shape index (κ1) is 16.0. The van der Waals surface area contributed by atoms with E-state index in [1.165, 1.54) is 0 Å². The highest BCUT2D eigenvalue weighted by molar-refractivity contribution is 7.75. The van der Waals surface area contributed by atoms with Gasteiger partial charge in [0.25, 0.3) is 0 Å². The Bertz CT molecular complexity index is 237. The predicted molar refractivity (Wildman–Crippen MR) is 69.3 cm³/mol. The summed E-state index contributed by atoms with van der Waals surface area (Å²) in [7, 11) is 0. The molecule has 0 aromatic rings. The van der Waals surface area contributed by atoms with Crippen molar-refractivity contribution in [3.05, 3.63) is 0 Å². The third kappa shape index (κ3) is 6.24. The summed E-state index contributed by atoms with van der Waals surface area (Å²) < 4.78 is 32.5. The molecule has 0 radical (unpaired) electrons. The largest absolute Gasteiger partial charge is 0.379 e. The summed E-state index contributed by atoms with van der Waals surface area (Å²) in [6.45, 7) is 6.30. The molecule has 0 spiro atoms. The van der Waals surface area contributed by atoms with Gasteiger partial charge in [-0.2, -0.15) is 4.21 Å². The summed E-state index contributed by atoms with van der Waals surface area (Å²) in [4.78, 5) is 0. The first-order chi connectivity index (χ1) is 8.77. The average molecular weight is 280 g/mol. The molecule has 0 bridgehead atoms. The van der Waals surface area contributed by atoms with E-state index in [1.54, 1.807) is 0 Å². The molecular weight excluding hydrogens is 256 g/mol. The number of hydrogen-bond acceptors (Lipinski definition) is 5. The second kappa shape index (κ2) is 9.86. The van der Waals surface area contributed by atoms with Crippen molar-refractivity contribution < 1.29 is 22.0 Å². The number of unbranched alkanes of at least 4 members (excludes halogenated alkanes) is 2. The van der Waals surface area contributed by atoms with Crippen LogP contribution in [0.2, 0.25) is 0 Å². The summed E-state index contributed by atoms with van der Waals surface area (Å²) in [5.74, 6) is 0. The molecule has 1 aliphatic heterocycles. The Labute approximate surface area is 112 Å². The first-order valence-electron chi connectivity index (χ1n) is 6.69. The normalized spacial score (nSPS) is 28.4. The van der Waals surface area contributed by atoms with Crippen LogP contribution in [0.1, 0.15) is 39.5 Å². The summed E-state index contributed by atoms with van der Waals surface area (Å²) in [5, 5.41) is 0. The lowest BCUT2D eigenvalue weighted by atomic mass is 10.2. The van der Waals surface area contributed by atoms with Crippen LogP contribution in [-0.2, 0) is 29.2 Å². The Morgan fingerprint density at radius 3 is 2.67 bits per heavy atom. The summed E-state index contributed by atoms with van der Waals surface area (Å²) in [6.07, 6.45) is 3.72. The molecule has 0 N–H and O–H groups in total. The Hall–Kier alpha value is -0.0100. The molecule has 1 rings (SSSR count). The predicted octanol–water partition coefficient (Wildman–Crippen LogP) is 1.98. The third-order valence-electron chi connectivity index (χ3n) is 2.70. The highest BCUT2D eigenvalue weighted by Gasteiger charge is 2.31. The van der Waals surface area contributed by atoms with Gasteiger partial charge >= 0.3 is 11.4 Å². The van der Waals surface area contributed by atoms with Gasteiger partial charge in [0.05, 0.1) is 13.2 Å². The zero-order valence-corrected chi connectivity index (χ0v) is 12.1. The molecule has 0 aliphatic carbocycles. The van der Waals surface area contributed by atoms with E-state index in [0.29, 0.717) is 26.4 Å². The van der Waals surface area contributed by atoms with Gasteiger partial charge in [-0.15, -0.1) is 0 Å². The molecule has 108 valence electrons. The third-order valence-corrected chi connectivity index (χ3v) is 3.43. The molecule has 5 nitrogen and oxygen atoms in total. The summed E-state index contributed by atoms with van der Waals surface area (Å²) in [5.41, 5.74) is 0. The van der Waals surface area contributed by atoms with Crippen LogP contribution < -0.4 is 0 Å². The molecule has 0 amide bonds. The zero-order valence-electron chi connectivity index (χ0n) is 11.3. The van der Waals surface area contributed by atoms with E-state index in [9.17, 15) is 4.21 Å². The van der Waals surface area contributed by atoms with Gasteiger partial charge in [0.1, 0.15) is 12.2 Å². The summed E-state index contributed by atoms with van der Waals surface area (Å²) >= 11 is -1.67. The van der Waals surface area contributed by atoms with Gasteiger partial charge in [0.2, 0.25) is 0 Å². The molecule has 1 fully saturated rings. The SMILES string of the molecule is CCCCOC[C@H]1O[S@@](=O)OC[C@H]1OCCCC. The van der Waals surface area contributed by atoms with Gasteiger partial charge < -0.3 is 9.47 Å². The molecule has 0 saturated carbocycles. The van der Waals surface area contributed by atoms with E-state index in [1.807, 2.05) is 0 Å². The van der Waals surface area contributed by atoms with Gasteiger partial charge in [-0.25, -0.2) is 0 Å². The molecule has 1 heterocycles. The molecule has 0 aromatic heterocycles. The molecule has 3 atom stereocenters. The fraction of sp³-hybridized carbons (Fsp3) is 1.00. The lowest BCUT2D eigenvalue weighted by molar-refractivity contribution is -0.0950. The molecule has 6 heteroatoms. The van der Waals surface area contributed by atoms with E-state index in [2.05, 4.69) is 13.8 Å². The van der Waals surface area contributed by atoms with Crippen molar-refractivity contribution in [1.29, 1.82) is 0 Å². The monoisotopic (exact) mass is 280 g/mol. The maximum Gasteiger partial charge on any atom is 0.305 e. The quantitative estimate of drug-likeness (QED) is 0.605. The van der Waals surface area contributed by atoms with Crippen molar-refractivity contribution in [1.82, 2.24) is 0 Å². The maximum absolute atomic E-state index is 11.2. The van der Waals surface area contributed by atoms with Crippen LogP contribution in [0.25, 0.3) is 0 Å². The van der Waals surface area contributed by atoms with Crippen LogP contribution in [-0.4, -0.2) is 42.8 Å². The topological polar surface area (TPSA) is 54.0 Å². The maximum atomic E-state index is 11.2. The van der Waals surface area contributed by atoms with Crippen LogP contribution in [0.15, 0.2) is 0 Å².